The van der Waals surface area contributed by atoms with Crippen LogP contribution >= 0.6 is 0 Å². The first-order valence-corrected chi connectivity index (χ1v) is 19.4. The van der Waals surface area contributed by atoms with Gasteiger partial charge in [0.2, 0.25) is 11.8 Å². The van der Waals surface area contributed by atoms with Crippen LogP contribution in [0.4, 0.5) is 0 Å². The number of carbonyl (C=O) groups is 6. The van der Waals surface area contributed by atoms with E-state index >= 15 is 0 Å². The van der Waals surface area contributed by atoms with Crippen LogP contribution in [0.2, 0.25) is 0 Å². The molecule has 7 rings (SSSR count). The van der Waals surface area contributed by atoms with E-state index in [1.165, 1.54) is 22.2 Å². The number of hydrogen-bond donors (Lipinski definition) is 4. The molecule has 4 N–H and O–H groups in total. The lowest BCUT2D eigenvalue weighted by molar-refractivity contribution is -0.131. The van der Waals surface area contributed by atoms with Crippen molar-refractivity contribution in [1.29, 1.82) is 0 Å². The molecule has 3 heterocycles. The van der Waals surface area contributed by atoms with Crippen molar-refractivity contribution in [2.75, 3.05) is 13.1 Å². The molecule has 6 amide bonds. The van der Waals surface area contributed by atoms with Crippen molar-refractivity contribution in [2.45, 2.75) is 62.7 Å². The highest BCUT2D eigenvalue weighted by atomic mass is 16.2. The van der Waals surface area contributed by atoms with E-state index in [0.717, 1.165) is 11.1 Å². The van der Waals surface area contributed by atoms with E-state index in [4.69, 9.17) is 0 Å². The molecule has 2 saturated heterocycles. The lowest BCUT2D eigenvalue weighted by Gasteiger charge is -2.26. The van der Waals surface area contributed by atoms with E-state index in [1.54, 1.807) is 48.5 Å². The zero-order chi connectivity index (χ0) is 40.4. The maximum Gasteiger partial charge on any atom is 0.262 e. The normalized spacial score (nSPS) is 23.2. The second kappa shape index (κ2) is 18.3. The molecule has 0 aromatic heterocycles. The van der Waals surface area contributed by atoms with Crippen LogP contribution in [0.15, 0.2) is 119 Å². The number of rotatable bonds is 4. The Morgan fingerprint density at radius 2 is 0.914 bits per heavy atom. The predicted molar refractivity (Wildman–Crippen MR) is 217 cm³/mol. The molecule has 58 heavy (non-hydrogen) atoms. The lowest BCUT2D eigenvalue weighted by atomic mass is 10.0. The third kappa shape index (κ3) is 9.52. The van der Waals surface area contributed by atoms with E-state index in [9.17, 15) is 28.8 Å². The van der Waals surface area contributed by atoms with Crippen molar-refractivity contribution in [2.24, 2.45) is 10.2 Å². The first-order valence-electron chi connectivity index (χ1n) is 19.4. The molecule has 0 aliphatic carbocycles. The van der Waals surface area contributed by atoms with Crippen LogP contribution in [0.3, 0.4) is 0 Å². The molecule has 4 atom stereocenters. The van der Waals surface area contributed by atoms with Gasteiger partial charge < -0.3 is 20.4 Å². The van der Waals surface area contributed by atoms with Gasteiger partial charge in [0.15, 0.2) is 0 Å². The Kier molecular flexibility index (Phi) is 12.4. The average Bonchev–Trinajstić information content (AvgIpc) is 3.95. The summed E-state index contributed by atoms with van der Waals surface area (Å²) < 4.78 is 0. The SMILES string of the molecule is O=C1N/N=C/c2cccc(c2)C(=O)N2CCC[C@H]2C(=O)N[C@@H](Cc2ccccc2)C(=O)N/N=C/c2cccc(c2)C(=O)N2CCC[C@H]2C(=O)N[C@H]1Cc1ccccc1. The monoisotopic (exact) mass is 780 g/mol. The minimum atomic E-state index is -1.02. The van der Waals surface area contributed by atoms with Crippen LogP contribution in [-0.2, 0) is 32.0 Å². The van der Waals surface area contributed by atoms with Crippen LogP contribution in [-0.4, -0.2) is 94.9 Å². The van der Waals surface area contributed by atoms with Crippen LogP contribution < -0.4 is 21.5 Å². The molecule has 3 aliphatic heterocycles. The van der Waals surface area contributed by atoms with Gasteiger partial charge in [0.25, 0.3) is 23.6 Å². The number of hydrogen-bond acceptors (Lipinski definition) is 8. The Bertz CT molecular complexity index is 2070. The Morgan fingerprint density at radius 3 is 1.33 bits per heavy atom. The lowest BCUT2D eigenvalue weighted by Crippen LogP contribution is -2.53. The fourth-order valence-corrected chi connectivity index (χ4v) is 7.55. The van der Waals surface area contributed by atoms with Crippen LogP contribution in [0.1, 0.15) is 68.7 Å². The van der Waals surface area contributed by atoms with Gasteiger partial charge in [0, 0.05) is 37.1 Å². The van der Waals surface area contributed by atoms with Crippen molar-refractivity contribution in [3.05, 3.63) is 143 Å². The fraction of sp³-hybridized carbons (Fsp3) is 0.273. The summed E-state index contributed by atoms with van der Waals surface area (Å²) in [5.41, 5.74) is 8.37. The number of nitrogens with one attached hydrogen (secondary N) is 4. The molecule has 4 aromatic rings. The molecular formula is C44H44N8O6. The van der Waals surface area contributed by atoms with Crippen molar-refractivity contribution in [3.8, 4) is 0 Å². The molecule has 14 nitrogen and oxygen atoms in total. The molecule has 2 fully saturated rings. The van der Waals surface area contributed by atoms with Gasteiger partial charge in [0.1, 0.15) is 24.2 Å². The average molecular weight is 781 g/mol. The Morgan fingerprint density at radius 1 is 0.500 bits per heavy atom. The smallest absolute Gasteiger partial charge is 0.262 e. The Balaban J connectivity index is 1.19. The maximum absolute atomic E-state index is 13.9. The summed E-state index contributed by atoms with van der Waals surface area (Å²) in [4.78, 5) is 85.7. The van der Waals surface area contributed by atoms with Crippen molar-refractivity contribution < 1.29 is 28.8 Å². The van der Waals surface area contributed by atoms with E-state index in [2.05, 4.69) is 31.7 Å². The summed E-state index contributed by atoms with van der Waals surface area (Å²) >= 11 is 0. The predicted octanol–water partition coefficient (Wildman–Crippen LogP) is 2.96. The summed E-state index contributed by atoms with van der Waals surface area (Å²) in [5, 5.41) is 14.1. The van der Waals surface area contributed by atoms with Crippen LogP contribution in [0, 0.1) is 0 Å². The van der Waals surface area contributed by atoms with E-state index in [0.29, 0.717) is 61.0 Å². The number of hydrazone groups is 2. The van der Waals surface area contributed by atoms with Crippen LogP contribution in [0.25, 0.3) is 0 Å². The summed E-state index contributed by atoms with van der Waals surface area (Å²) in [6.07, 6.45) is 5.16. The Hall–Kier alpha value is -6.96. The first kappa shape index (κ1) is 39.3. The van der Waals surface area contributed by atoms with Crippen molar-refractivity contribution in [1.82, 2.24) is 31.3 Å². The zero-order valence-corrected chi connectivity index (χ0v) is 31.8. The van der Waals surface area contributed by atoms with Gasteiger partial charge in [-0.3, -0.25) is 28.8 Å². The molecule has 4 aromatic carbocycles. The molecule has 0 saturated carbocycles. The van der Waals surface area contributed by atoms with Gasteiger partial charge in [-0.05, 0) is 72.2 Å². The molecule has 296 valence electrons. The third-order valence-electron chi connectivity index (χ3n) is 10.5. The highest BCUT2D eigenvalue weighted by Gasteiger charge is 2.38. The highest BCUT2D eigenvalue weighted by Crippen LogP contribution is 2.23. The van der Waals surface area contributed by atoms with Gasteiger partial charge in [0.05, 0.1) is 12.4 Å². The van der Waals surface area contributed by atoms with E-state index in [1.807, 2.05) is 60.7 Å². The minimum Gasteiger partial charge on any atom is -0.342 e. The van der Waals surface area contributed by atoms with Gasteiger partial charge >= 0.3 is 0 Å². The third-order valence-corrected chi connectivity index (χ3v) is 10.5. The van der Waals surface area contributed by atoms with E-state index in [-0.39, 0.29) is 24.7 Å². The standard InChI is InChI=1S/C44H44N8O6/c53-39-35(25-29-11-3-1-4-12-29)47-41(55)37-19-9-21-51(37)43(57)33-17-8-16-32(24-33)28-46-50-40(54)36(26-30-13-5-2-6-14-30)48-42(56)38-20-10-22-52(38)44(58)34-18-7-15-31(23-34)27-45-49-39/h1-8,11-18,23-24,27-28,35-38H,9-10,19-22,25-26H2,(H,47,55)(H,48,56)(H,49,53)(H,50,54)/b45-27+,46-28+/t35-,36-,37-,38-/m0/s1. The van der Waals surface area contributed by atoms with Crippen LogP contribution in [0.5, 0.6) is 0 Å². The fourth-order valence-electron chi connectivity index (χ4n) is 7.55. The second-order valence-electron chi connectivity index (χ2n) is 14.5. The number of amides is 6. The van der Waals surface area contributed by atoms with Gasteiger partial charge in [-0.2, -0.15) is 10.2 Å². The summed E-state index contributed by atoms with van der Waals surface area (Å²) in [7, 11) is 0. The Labute approximate surface area is 335 Å². The topological polar surface area (TPSA) is 182 Å². The van der Waals surface area contributed by atoms with Gasteiger partial charge in [-0.1, -0.05) is 84.9 Å². The molecule has 0 radical (unpaired) electrons. The summed E-state index contributed by atoms with van der Waals surface area (Å²) in [6, 6.07) is 28.1. The number of nitrogens with zero attached hydrogens (tertiary/aromatic N) is 4. The molecule has 14 heteroatoms. The zero-order valence-electron chi connectivity index (χ0n) is 31.8. The largest absolute Gasteiger partial charge is 0.342 e. The molecular weight excluding hydrogens is 737 g/mol. The van der Waals surface area contributed by atoms with Gasteiger partial charge in [-0.25, -0.2) is 10.9 Å². The number of carbonyl (C=O) groups excluding carboxylic acids is 6. The molecule has 0 unspecified atom stereocenters. The first-order chi connectivity index (χ1) is 28.2. The second-order valence-corrected chi connectivity index (χ2v) is 14.5. The van der Waals surface area contributed by atoms with Crippen molar-refractivity contribution in [3.63, 3.8) is 0 Å². The quantitative estimate of drug-likeness (QED) is 0.247. The summed E-state index contributed by atoms with van der Waals surface area (Å²) in [5.74, 6) is -2.77. The maximum atomic E-state index is 13.9. The minimum absolute atomic E-state index is 0.175. The number of fused-ring (bicyclic) bond motifs is 6. The molecule has 4 bridgehead atoms. The summed E-state index contributed by atoms with van der Waals surface area (Å²) in [6.45, 7) is 0.694. The highest BCUT2D eigenvalue weighted by molar-refractivity contribution is 6.01. The number of benzene rings is 4. The molecule has 3 aliphatic rings. The van der Waals surface area contributed by atoms with Crippen molar-refractivity contribution >= 4 is 47.9 Å². The molecule has 0 spiro atoms. The van der Waals surface area contributed by atoms with Gasteiger partial charge in [-0.15, -0.1) is 0 Å². The van der Waals surface area contributed by atoms with E-state index < -0.39 is 47.8 Å².